The van der Waals surface area contributed by atoms with Gasteiger partial charge in [0, 0.05) is 18.0 Å². The molecular weight excluding hydrogens is 288 g/mol. The summed E-state index contributed by atoms with van der Waals surface area (Å²) in [5, 5.41) is 7.11. The largest absolute Gasteiger partial charge is 0.309 e. The quantitative estimate of drug-likeness (QED) is 0.803. The highest BCUT2D eigenvalue weighted by Crippen LogP contribution is 2.20. The third-order valence-electron chi connectivity index (χ3n) is 3.65. The second-order valence-corrected chi connectivity index (χ2v) is 5.46. The van der Waals surface area contributed by atoms with Gasteiger partial charge >= 0.3 is 0 Å². The van der Waals surface area contributed by atoms with Gasteiger partial charge in [0.1, 0.15) is 11.9 Å². The van der Waals surface area contributed by atoms with E-state index in [4.69, 9.17) is 0 Å². The number of anilines is 1. The van der Waals surface area contributed by atoms with Crippen LogP contribution < -0.4 is 5.32 Å². The summed E-state index contributed by atoms with van der Waals surface area (Å²) in [4.78, 5) is 16.5. The smallest absolute Gasteiger partial charge is 0.250 e. The van der Waals surface area contributed by atoms with Crippen molar-refractivity contribution in [2.75, 3.05) is 5.32 Å². The fourth-order valence-corrected chi connectivity index (χ4v) is 2.22. The van der Waals surface area contributed by atoms with Gasteiger partial charge in [0.2, 0.25) is 5.91 Å². The van der Waals surface area contributed by atoms with E-state index < -0.39 is 6.04 Å². The molecule has 5 nitrogen and oxygen atoms in total. The predicted octanol–water partition coefficient (Wildman–Crippen LogP) is 3.45. The number of rotatable bonds is 4. The minimum Gasteiger partial charge on any atom is -0.309 e. The Kier molecular flexibility index (Phi) is 4.19. The lowest BCUT2D eigenvalue weighted by Gasteiger charge is -2.12. The van der Waals surface area contributed by atoms with Crippen LogP contribution in [0.4, 0.5) is 5.82 Å². The molecule has 0 radical (unpaired) electrons. The van der Waals surface area contributed by atoms with Crippen LogP contribution in [0, 0.1) is 6.92 Å². The zero-order valence-electron chi connectivity index (χ0n) is 13.1. The Morgan fingerprint density at radius 1 is 1.09 bits per heavy atom. The van der Waals surface area contributed by atoms with E-state index in [2.05, 4.69) is 15.4 Å². The van der Waals surface area contributed by atoms with Crippen LogP contribution in [0.25, 0.3) is 11.1 Å². The summed E-state index contributed by atoms with van der Waals surface area (Å²) in [7, 11) is 0. The van der Waals surface area contributed by atoms with Gasteiger partial charge in [-0.05, 0) is 31.0 Å². The van der Waals surface area contributed by atoms with Gasteiger partial charge in [-0.1, -0.05) is 36.4 Å². The summed E-state index contributed by atoms with van der Waals surface area (Å²) >= 11 is 0. The molecule has 1 amide bonds. The van der Waals surface area contributed by atoms with E-state index in [1.165, 1.54) is 0 Å². The maximum absolute atomic E-state index is 12.3. The number of carbonyl (C=O) groups is 1. The summed E-state index contributed by atoms with van der Waals surface area (Å²) in [6.45, 7) is 3.77. The number of hydrogen-bond acceptors (Lipinski definition) is 3. The topological polar surface area (TPSA) is 59.8 Å². The molecule has 1 atom stereocenters. The summed E-state index contributed by atoms with van der Waals surface area (Å²) in [6.07, 6.45) is 5.37. The molecule has 0 aliphatic carbocycles. The molecule has 23 heavy (non-hydrogen) atoms. The normalized spacial score (nSPS) is 11.9. The monoisotopic (exact) mass is 306 g/mol. The van der Waals surface area contributed by atoms with Gasteiger partial charge < -0.3 is 5.32 Å². The molecule has 116 valence electrons. The van der Waals surface area contributed by atoms with E-state index >= 15 is 0 Å². The molecular formula is C18H18N4O. The van der Waals surface area contributed by atoms with Crippen LogP contribution in [-0.2, 0) is 4.79 Å². The Bertz CT molecular complexity index is 793. The Labute approximate surface area is 135 Å². The van der Waals surface area contributed by atoms with Crippen LogP contribution in [0.1, 0.15) is 18.5 Å². The molecule has 2 heterocycles. The van der Waals surface area contributed by atoms with Crippen LogP contribution in [0.15, 0.2) is 61.1 Å². The van der Waals surface area contributed by atoms with E-state index in [1.54, 1.807) is 23.1 Å². The zero-order valence-corrected chi connectivity index (χ0v) is 13.1. The minimum atomic E-state index is -0.421. The molecule has 0 aliphatic heterocycles. The van der Waals surface area contributed by atoms with Crippen molar-refractivity contribution in [1.29, 1.82) is 0 Å². The highest BCUT2D eigenvalue weighted by atomic mass is 16.2. The number of nitrogens with one attached hydrogen (secondary N) is 1. The minimum absolute atomic E-state index is 0.149. The molecule has 3 aromatic rings. The van der Waals surface area contributed by atoms with Gasteiger partial charge in [0.05, 0.1) is 6.20 Å². The van der Waals surface area contributed by atoms with Crippen molar-refractivity contribution < 1.29 is 4.79 Å². The van der Waals surface area contributed by atoms with Gasteiger partial charge in [-0.15, -0.1) is 0 Å². The Balaban J connectivity index is 1.72. The molecule has 0 saturated carbocycles. The van der Waals surface area contributed by atoms with E-state index in [1.807, 2.05) is 56.4 Å². The molecule has 5 heteroatoms. The summed E-state index contributed by atoms with van der Waals surface area (Å²) in [6, 6.07) is 13.2. The second kappa shape index (κ2) is 6.44. The van der Waals surface area contributed by atoms with Crippen LogP contribution in [0.5, 0.6) is 0 Å². The number of benzene rings is 1. The van der Waals surface area contributed by atoms with Crippen LogP contribution >= 0.6 is 0 Å². The fraction of sp³-hybridized carbons (Fsp3) is 0.167. The lowest BCUT2D eigenvalue weighted by molar-refractivity contribution is -0.119. The van der Waals surface area contributed by atoms with Crippen molar-refractivity contribution in [3.05, 3.63) is 66.6 Å². The van der Waals surface area contributed by atoms with Crippen molar-refractivity contribution in [2.24, 2.45) is 0 Å². The lowest BCUT2D eigenvalue weighted by atomic mass is 10.1. The first-order chi connectivity index (χ1) is 11.1. The molecule has 0 bridgehead atoms. The third-order valence-corrected chi connectivity index (χ3v) is 3.65. The Morgan fingerprint density at radius 3 is 2.57 bits per heavy atom. The number of pyridine rings is 1. The first-order valence-electron chi connectivity index (χ1n) is 7.46. The first kappa shape index (κ1) is 15.0. The van der Waals surface area contributed by atoms with Crippen molar-refractivity contribution in [3.8, 4) is 11.1 Å². The second-order valence-electron chi connectivity index (χ2n) is 5.46. The number of carbonyl (C=O) groups excluding carboxylic acids is 1. The molecule has 3 rings (SSSR count). The Morgan fingerprint density at radius 2 is 1.87 bits per heavy atom. The first-order valence-corrected chi connectivity index (χ1v) is 7.46. The standard InChI is InChI=1S/C18H18N4O/c1-13-8-9-17(19-10-13)21-18(23)14(2)22-12-16(11-20-22)15-6-4-3-5-7-15/h3-12,14H,1-2H3,(H,19,21,23)/t14-/m1/s1. The number of aryl methyl sites for hydroxylation is 1. The lowest BCUT2D eigenvalue weighted by Crippen LogP contribution is -2.24. The summed E-state index contributed by atoms with van der Waals surface area (Å²) in [5.41, 5.74) is 3.11. The van der Waals surface area contributed by atoms with Crippen molar-refractivity contribution in [3.63, 3.8) is 0 Å². The third kappa shape index (κ3) is 3.45. The van der Waals surface area contributed by atoms with Crippen LogP contribution in [0.2, 0.25) is 0 Å². The van der Waals surface area contributed by atoms with Crippen LogP contribution in [0.3, 0.4) is 0 Å². The zero-order chi connectivity index (χ0) is 16.2. The number of aromatic nitrogens is 3. The molecule has 2 aromatic heterocycles. The predicted molar refractivity (Wildman–Crippen MR) is 90.0 cm³/mol. The van der Waals surface area contributed by atoms with E-state index in [9.17, 15) is 4.79 Å². The maximum Gasteiger partial charge on any atom is 0.250 e. The van der Waals surface area contributed by atoms with E-state index in [0.717, 1.165) is 16.7 Å². The molecule has 0 saturated heterocycles. The number of amides is 1. The van der Waals surface area contributed by atoms with Gasteiger partial charge in [0.15, 0.2) is 0 Å². The average molecular weight is 306 g/mol. The van der Waals surface area contributed by atoms with Crippen molar-refractivity contribution in [2.45, 2.75) is 19.9 Å². The van der Waals surface area contributed by atoms with E-state index in [0.29, 0.717) is 5.82 Å². The fourth-order valence-electron chi connectivity index (χ4n) is 2.22. The number of nitrogens with zero attached hydrogens (tertiary/aromatic N) is 3. The van der Waals surface area contributed by atoms with Crippen LogP contribution in [-0.4, -0.2) is 20.7 Å². The van der Waals surface area contributed by atoms with Gasteiger partial charge in [0.25, 0.3) is 0 Å². The highest BCUT2D eigenvalue weighted by Gasteiger charge is 2.16. The van der Waals surface area contributed by atoms with Gasteiger partial charge in [-0.3, -0.25) is 9.48 Å². The van der Waals surface area contributed by atoms with Crippen molar-refractivity contribution in [1.82, 2.24) is 14.8 Å². The molecule has 1 N–H and O–H groups in total. The van der Waals surface area contributed by atoms with E-state index in [-0.39, 0.29) is 5.91 Å². The van der Waals surface area contributed by atoms with Gasteiger partial charge in [-0.25, -0.2) is 4.98 Å². The molecule has 0 aliphatic rings. The highest BCUT2D eigenvalue weighted by molar-refractivity contribution is 5.92. The van der Waals surface area contributed by atoms with Gasteiger partial charge in [-0.2, -0.15) is 5.10 Å². The molecule has 1 aromatic carbocycles. The molecule has 0 spiro atoms. The average Bonchev–Trinajstić information content (AvgIpc) is 3.07. The summed E-state index contributed by atoms with van der Waals surface area (Å²) < 4.78 is 1.66. The SMILES string of the molecule is Cc1ccc(NC(=O)[C@@H](C)n2cc(-c3ccccc3)cn2)nc1. The Hall–Kier alpha value is -2.95. The summed E-state index contributed by atoms with van der Waals surface area (Å²) in [5.74, 6) is 0.395. The van der Waals surface area contributed by atoms with Crippen molar-refractivity contribution >= 4 is 11.7 Å². The molecule has 0 fully saturated rings. The molecule has 0 unspecified atom stereocenters. The maximum atomic E-state index is 12.3. The number of hydrogen-bond donors (Lipinski definition) is 1.